The predicted octanol–water partition coefficient (Wildman–Crippen LogP) is 2.94. The van der Waals surface area contributed by atoms with Crippen LogP contribution in [0, 0.1) is 19.7 Å². The van der Waals surface area contributed by atoms with Gasteiger partial charge in [0.15, 0.2) is 5.96 Å². The SMILES string of the molecule is CN=C(NCCc1ccc(F)cc1)NCc1cc(C)oc1C. The maximum Gasteiger partial charge on any atom is 0.191 e. The summed E-state index contributed by atoms with van der Waals surface area (Å²) in [6.07, 6.45) is 0.810. The fourth-order valence-corrected chi connectivity index (χ4v) is 2.23. The highest BCUT2D eigenvalue weighted by molar-refractivity contribution is 5.79. The van der Waals surface area contributed by atoms with Gasteiger partial charge in [0, 0.05) is 25.7 Å². The molecule has 5 heteroatoms. The van der Waals surface area contributed by atoms with Gasteiger partial charge in [0.25, 0.3) is 0 Å². The van der Waals surface area contributed by atoms with Gasteiger partial charge in [0.1, 0.15) is 17.3 Å². The van der Waals surface area contributed by atoms with Crippen LogP contribution in [-0.4, -0.2) is 19.6 Å². The summed E-state index contributed by atoms with van der Waals surface area (Å²) in [6, 6.07) is 8.57. The minimum atomic E-state index is -0.208. The van der Waals surface area contributed by atoms with Gasteiger partial charge in [0.2, 0.25) is 0 Å². The van der Waals surface area contributed by atoms with Crippen LogP contribution in [0.4, 0.5) is 4.39 Å². The number of hydrogen-bond donors (Lipinski definition) is 2. The molecule has 0 aliphatic rings. The second-order valence-corrected chi connectivity index (χ2v) is 5.17. The minimum Gasteiger partial charge on any atom is -0.466 e. The standard InChI is InChI=1S/C17H22FN3O/c1-12-10-15(13(2)22-12)11-21-17(19-3)20-9-8-14-4-6-16(18)7-5-14/h4-7,10H,8-9,11H2,1-3H3,(H2,19,20,21). The topological polar surface area (TPSA) is 49.6 Å². The lowest BCUT2D eigenvalue weighted by Gasteiger charge is -2.11. The lowest BCUT2D eigenvalue weighted by atomic mass is 10.1. The Morgan fingerprint density at radius 3 is 2.50 bits per heavy atom. The Hall–Kier alpha value is -2.30. The van der Waals surface area contributed by atoms with Crippen LogP contribution < -0.4 is 10.6 Å². The molecule has 0 unspecified atom stereocenters. The maximum absolute atomic E-state index is 12.8. The number of nitrogens with zero attached hydrogens (tertiary/aromatic N) is 1. The molecule has 4 nitrogen and oxygen atoms in total. The van der Waals surface area contributed by atoms with Crippen molar-refractivity contribution in [3.05, 3.63) is 58.8 Å². The molecule has 0 saturated carbocycles. The molecule has 0 spiro atoms. The molecule has 0 bridgehead atoms. The molecule has 0 fully saturated rings. The molecule has 118 valence electrons. The molecule has 2 rings (SSSR count). The first-order valence-corrected chi connectivity index (χ1v) is 7.33. The van der Waals surface area contributed by atoms with E-state index in [0.29, 0.717) is 6.54 Å². The van der Waals surface area contributed by atoms with Crippen LogP contribution in [0.25, 0.3) is 0 Å². The number of hydrogen-bond acceptors (Lipinski definition) is 2. The normalized spacial score (nSPS) is 11.5. The Balaban J connectivity index is 1.78. The molecule has 0 aliphatic heterocycles. The zero-order chi connectivity index (χ0) is 15.9. The summed E-state index contributed by atoms with van der Waals surface area (Å²) < 4.78 is 18.3. The quantitative estimate of drug-likeness (QED) is 0.659. The summed E-state index contributed by atoms with van der Waals surface area (Å²) >= 11 is 0. The summed E-state index contributed by atoms with van der Waals surface area (Å²) in [4.78, 5) is 4.19. The van der Waals surface area contributed by atoms with Crippen molar-refractivity contribution in [1.82, 2.24) is 10.6 Å². The largest absolute Gasteiger partial charge is 0.466 e. The molecule has 0 aliphatic carbocycles. The number of rotatable bonds is 5. The highest BCUT2D eigenvalue weighted by atomic mass is 19.1. The Bertz CT molecular complexity index is 632. The van der Waals surface area contributed by atoms with Crippen molar-refractivity contribution in [3.63, 3.8) is 0 Å². The summed E-state index contributed by atoms with van der Waals surface area (Å²) in [5.74, 6) is 2.36. The van der Waals surface area contributed by atoms with E-state index in [1.54, 1.807) is 19.2 Å². The Morgan fingerprint density at radius 1 is 1.18 bits per heavy atom. The Morgan fingerprint density at radius 2 is 1.91 bits per heavy atom. The number of benzene rings is 1. The zero-order valence-corrected chi connectivity index (χ0v) is 13.2. The van der Waals surface area contributed by atoms with E-state index in [1.807, 2.05) is 19.9 Å². The minimum absolute atomic E-state index is 0.208. The number of furan rings is 1. The molecule has 0 atom stereocenters. The molecular formula is C17H22FN3O. The average molecular weight is 303 g/mol. The third kappa shape index (κ3) is 4.62. The fourth-order valence-electron chi connectivity index (χ4n) is 2.23. The van der Waals surface area contributed by atoms with E-state index in [-0.39, 0.29) is 5.82 Å². The molecule has 2 N–H and O–H groups in total. The van der Waals surface area contributed by atoms with E-state index < -0.39 is 0 Å². The van der Waals surface area contributed by atoms with Gasteiger partial charge in [-0.05, 0) is 44.0 Å². The molecule has 1 heterocycles. The van der Waals surface area contributed by atoms with Gasteiger partial charge < -0.3 is 15.1 Å². The van der Waals surface area contributed by atoms with Crippen LogP contribution in [0.3, 0.4) is 0 Å². The molecule has 2 aromatic rings. The fraction of sp³-hybridized carbons (Fsp3) is 0.353. The van der Waals surface area contributed by atoms with E-state index in [9.17, 15) is 4.39 Å². The number of nitrogens with one attached hydrogen (secondary N) is 2. The lowest BCUT2D eigenvalue weighted by Crippen LogP contribution is -2.37. The van der Waals surface area contributed by atoms with E-state index in [1.165, 1.54) is 12.1 Å². The van der Waals surface area contributed by atoms with Crippen molar-refractivity contribution in [2.45, 2.75) is 26.8 Å². The second kappa shape index (κ2) is 7.64. The van der Waals surface area contributed by atoms with Crippen molar-refractivity contribution < 1.29 is 8.81 Å². The monoisotopic (exact) mass is 303 g/mol. The van der Waals surface area contributed by atoms with Crippen molar-refractivity contribution in [1.29, 1.82) is 0 Å². The summed E-state index contributed by atoms with van der Waals surface area (Å²) in [7, 11) is 1.74. The maximum atomic E-state index is 12.8. The highest BCUT2D eigenvalue weighted by Gasteiger charge is 2.05. The van der Waals surface area contributed by atoms with Crippen LogP contribution >= 0.6 is 0 Å². The van der Waals surface area contributed by atoms with Crippen molar-refractivity contribution >= 4 is 5.96 Å². The predicted molar refractivity (Wildman–Crippen MR) is 86.5 cm³/mol. The number of aryl methyl sites for hydroxylation is 2. The van der Waals surface area contributed by atoms with Gasteiger partial charge in [-0.15, -0.1) is 0 Å². The average Bonchev–Trinajstić information content (AvgIpc) is 2.82. The van der Waals surface area contributed by atoms with E-state index >= 15 is 0 Å². The first-order chi connectivity index (χ1) is 10.6. The smallest absolute Gasteiger partial charge is 0.191 e. The number of halogens is 1. The Labute approximate surface area is 130 Å². The van der Waals surface area contributed by atoms with Crippen molar-refractivity contribution in [3.8, 4) is 0 Å². The third-order valence-electron chi connectivity index (χ3n) is 3.43. The summed E-state index contributed by atoms with van der Waals surface area (Å²) in [5, 5.41) is 6.50. The molecule has 0 saturated heterocycles. The van der Waals surface area contributed by atoms with Gasteiger partial charge in [-0.25, -0.2) is 4.39 Å². The molecule has 0 radical (unpaired) electrons. The highest BCUT2D eigenvalue weighted by Crippen LogP contribution is 2.12. The molecule has 0 amide bonds. The summed E-state index contributed by atoms with van der Waals surface area (Å²) in [6.45, 7) is 5.29. The van der Waals surface area contributed by atoms with Crippen LogP contribution in [-0.2, 0) is 13.0 Å². The van der Waals surface area contributed by atoms with Crippen molar-refractivity contribution in [2.24, 2.45) is 4.99 Å². The van der Waals surface area contributed by atoms with Gasteiger partial charge in [-0.2, -0.15) is 0 Å². The molecular weight excluding hydrogens is 281 g/mol. The van der Waals surface area contributed by atoms with Crippen LogP contribution in [0.15, 0.2) is 39.7 Å². The third-order valence-corrected chi connectivity index (χ3v) is 3.43. The molecule has 1 aromatic heterocycles. The van der Waals surface area contributed by atoms with Gasteiger partial charge in [0.05, 0.1) is 0 Å². The van der Waals surface area contributed by atoms with E-state index in [4.69, 9.17) is 4.42 Å². The van der Waals surface area contributed by atoms with E-state index in [0.717, 1.165) is 41.6 Å². The van der Waals surface area contributed by atoms with Gasteiger partial charge >= 0.3 is 0 Å². The van der Waals surface area contributed by atoms with Crippen LogP contribution in [0.1, 0.15) is 22.6 Å². The van der Waals surface area contributed by atoms with Gasteiger partial charge in [-0.1, -0.05) is 12.1 Å². The van der Waals surface area contributed by atoms with Crippen LogP contribution in [0.2, 0.25) is 0 Å². The first-order valence-electron chi connectivity index (χ1n) is 7.33. The second-order valence-electron chi connectivity index (χ2n) is 5.17. The zero-order valence-electron chi connectivity index (χ0n) is 13.2. The van der Waals surface area contributed by atoms with E-state index in [2.05, 4.69) is 15.6 Å². The Kier molecular flexibility index (Phi) is 5.58. The van der Waals surface area contributed by atoms with Crippen LogP contribution in [0.5, 0.6) is 0 Å². The lowest BCUT2D eigenvalue weighted by molar-refractivity contribution is 0.500. The summed E-state index contributed by atoms with van der Waals surface area (Å²) in [5.41, 5.74) is 2.21. The number of guanidine groups is 1. The first kappa shape index (κ1) is 16.1. The molecule has 22 heavy (non-hydrogen) atoms. The van der Waals surface area contributed by atoms with Gasteiger partial charge in [-0.3, -0.25) is 4.99 Å². The van der Waals surface area contributed by atoms with Crippen molar-refractivity contribution in [2.75, 3.05) is 13.6 Å². The number of aliphatic imine (C=N–C) groups is 1. The molecule has 1 aromatic carbocycles.